The molecule has 4 rings (SSSR count). The summed E-state index contributed by atoms with van der Waals surface area (Å²) in [5, 5.41) is 11.1. The number of rotatable bonds is 2. The number of ether oxygens (including phenoxy) is 1. The van der Waals surface area contributed by atoms with Crippen LogP contribution < -0.4 is 5.73 Å². The zero-order chi connectivity index (χ0) is 21.0. The Bertz CT molecular complexity index is 692. The van der Waals surface area contributed by atoms with Gasteiger partial charge in [-0.1, -0.05) is 51.8 Å². The monoisotopic (exact) mass is 402 g/mol. The van der Waals surface area contributed by atoms with Gasteiger partial charge in [-0.25, -0.2) is 4.79 Å². The highest BCUT2D eigenvalue weighted by molar-refractivity contribution is 5.72. The van der Waals surface area contributed by atoms with Gasteiger partial charge in [0.15, 0.2) is 0 Å². The normalized spacial score (nSPS) is 26.8. The van der Waals surface area contributed by atoms with Gasteiger partial charge in [-0.2, -0.15) is 0 Å². The molecule has 0 aromatic heterocycles. The van der Waals surface area contributed by atoms with Crippen molar-refractivity contribution in [1.82, 2.24) is 4.90 Å². The van der Waals surface area contributed by atoms with E-state index in [9.17, 15) is 9.90 Å². The lowest BCUT2D eigenvalue weighted by Gasteiger charge is -2.45. The molecule has 5 nitrogen and oxygen atoms in total. The average molecular weight is 403 g/mol. The fourth-order valence-corrected chi connectivity index (χ4v) is 5.40. The van der Waals surface area contributed by atoms with Crippen LogP contribution in [0.15, 0.2) is 18.2 Å². The maximum atomic E-state index is 11.4. The summed E-state index contributed by atoms with van der Waals surface area (Å²) in [5.74, 6) is 0.820. The zero-order valence-electron chi connectivity index (χ0n) is 18.3. The molecule has 0 radical (unpaired) electrons. The first-order chi connectivity index (χ1) is 13.8. The summed E-state index contributed by atoms with van der Waals surface area (Å²) in [6.45, 7) is 10.1. The Labute approximate surface area is 175 Å². The summed E-state index contributed by atoms with van der Waals surface area (Å²) < 4.78 is 4.94. The number of carbonyl (C=O) groups is 1. The lowest BCUT2D eigenvalue weighted by atomic mass is 9.61. The maximum Gasteiger partial charge on any atom is 0.315 e. The molecule has 1 aromatic rings. The Morgan fingerprint density at radius 3 is 2.55 bits per heavy atom. The number of fused-ring (bicyclic) bond motifs is 1. The van der Waals surface area contributed by atoms with E-state index in [1.54, 1.807) is 4.90 Å². The largest absolute Gasteiger partial charge is 0.388 e. The van der Waals surface area contributed by atoms with E-state index in [2.05, 4.69) is 32.9 Å². The minimum absolute atomic E-state index is 0.162. The zero-order valence-corrected chi connectivity index (χ0v) is 18.3. The van der Waals surface area contributed by atoms with Gasteiger partial charge in [0.1, 0.15) is 0 Å². The SMILES string of the molecule is C1CCOC1.C[C@H]1CCCC(C)(C)[C@@H]1[C@@H](O)c1ccc2c(c1)CCN(C(N)=O)C2. The molecule has 3 atom stereocenters. The standard InChI is InChI=1S/C20H30N2O2.C4H8O/c1-13-5-4-9-20(2,3)17(13)18(23)15-6-7-16-12-22(19(21)24)10-8-14(16)11-15;1-2-4-5-3-1/h6-7,11,13,17-18,23H,4-5,8-10,12H2,1-3H3,(H2,21,24);1-4H2/t13-,17-,18-;/m0./s1. The molecule has 0 unspecified atom stereocenters. The van der Waals surface area contributed by atoms with Crippen molar-refractivity contribution in [3.63, 3.8) is 0 Å². The number of aliphatic hydroxyl groups excluding tert-OH is 1. The van der Waals surface area contributed by atoms with Crippen molar-refractivity contribution in [3.8, 4) is 0 Å². The predicted octanol–water partition coefficient (Wildman–Crippen LogP) is 4.42. The first kappa shape index (κ1) is 22.1. The molecular formula is C24H38N2O3. The second kappa shape index (κ2) is 9.48. The van der Waals surface area contributed by atoms with E-state index in [-0.39, 0.29) is 17.4 Å². The van der Waals surface area contributed by atoms with Crippen LogP contribution >= 0.6 is 0 Å². The number of urea groups is 1. The first-order valence-corrected chi connectivity index (χ1v) is 11.2. The van der Waals surface area contributed by atoms with Crippen molar-refractivity contribution < 1.29 is 14.6 Å². The lowest BCUT2D eigenvalue weighted by molar-refractivity contribution is -0.0293. The Hall–Kier alpha value is -1.59. The van der Waals surface area contributed by atoms with Crippen molar-refractivity contribution >= 4 is 6.03 Å². The number of carbonyl (C=O) groups excluding carboxylic acids is 1. The molecule has 3 aliphatic rings. The minimum Gasteiger partial charge on any atom is -0.388 e. The Morgan fingerprint density at radius 1 is 1.24 bits per heavy atom. The van der Waals surface area contributed by atoms with Gasteiger partial charge in [0.05, 0.1) is 6.10 Å². The van der Waals surface area contributed by atoms with Crippen LogP contribution in [0.2, 0.25) is 0 Å². The van der Waals surface area contributed by atoms with Crippen molar-refractivity contribution in [2.75, 3.05) is 19.8 Å². The van der Waals surface area contributed by atoms with Crippen LogP contribution in [-0.4, -0.2) is 35.8 Å². The number of primary amides is 1. The number of nitrogens with zero attached hydrogens (tertiary/aromatic N) is 1. The number of benzene rings is 1. The Kier molecular flexibility index (Phi) is 7.23. The second-order valence-corrected chi connectivity index (χ2v) is 9.69. The summed E-state index contributed by atoms with van der Waals surface area (Å²) >= 11 is 0. The van der Waals surface area contributed by atoms with E-state index in [0.717, 1.165) is 30.8 Å². The van der Waals surface area contributed by atoms with Crippen LogP contribution in [0.25, 0.3) is 0 Å². The first-order valence-electron chi connectivity index (χ1n) is 11.2. The highest BCUT2D eigenvalue weighted by Crippen LogP contribution is 2.49. The molecule has 3 N–H and O–H groups in total. The van der Waals surface area contributed by atoms with Gasteiger partial charge in [-0.3, -0.25) is 0 Å². The molecule has 1 saturated heterocycles. The van der Waals surface area contributed by atoms with Crippen molar-refractivity contribution in [3.05, 3.63) is 34.9 Å². The molecule has 162 valence electrons. The van der Waals surface area contributed by atoms with E-state index in [0.29, 0.717) is 19.0 Å². The van der Waals surface area contributed by atoms with Crippen LogP contribution in [0.3, 0.4) is 0 Å². The van der Waals surface area contributed by atoms with E-state index in [1.807, 2.05) is 6.07 Å². The van der Waals surface area contributed by atoms with Crippen molar-refractivity contribution in [1.29, 1.82) is 0 Å². The van der Waals surface area contributed by atoms with Crippen LogP contribution in [0.5, 0.6) is 0 Å². The summed E-state index contributed by atoms with van der Waals surface area (Å²) in [6, 6.07) is 5.88. The summed E-state index contributed by atoms with van der Waals surface area (Å²) in [5.41, 5.74) is 8.96. The molecule has 1 aromatic carbocycles. The number of aliphatic hydroxyl groups is 1. The number of hydrogen-bond acceptors (Lipinski definition) is 3. The van der Waals surface area contributed by atoms with Crippen LogP contribution in [0.4, 0.5) is 4.79 Å². The smallest absolute Gasteiger partial charge is 0.315 e. The van der Waals surface area contributed by atoms with Gasteiger partial charge in [-0.05, 0) is 59.6 Å². The third-order valence-corrected chi connectivity index (χ3v) is 7.06. The van der Waals surface area contributed by atoms with Crippen molar-refractivity contribution in [2.24, 2.45) is 23.0 Å². The number of amides is 2. The Morgan fingerprint density at radius 2 is 1.97 bits per heavy atom. The van der Waals surface area contributed by atoms with E-state index in [4.69, 9.17) is 10.5 Å². The van der Waals surface area contributed by atoms with Crippen LogP contribution in [-0.2, 0) is 17.7 Å². The Balaban J connectivity index is 0.000000419. The number of hydrogen-bond donors (Lipinski definition) is 2. The van der Waals surface area contributed by atoms with Gasteiger partial charge in [0.2, 0.25) is 0 Å². The number of nitrogens with two attached hydrogens (primary N) is 1. The molecule has 2 amide bonds. The molecule has 2 heterocycles. The molecular weight excluding hydrogens is 364 g/mol. The van der Waals surface area contributed by atoms with Gasteiger partial charge in [0, 0.05) is 26.3 Å². The van der Waals surface area contributed by atoms with Gasteiger partial charge < -0.3 is 20.5 Å². The summed E-state index contributed by atoms with van der Waals surface area (Å²) in [6.07, 6.45) is 6.57. The predicted molar refractivity (Wildman–Crippen MR) is 115 cm³/mol. The maximum absolute atomic E-state index is 11.4. The minimum atomic E-state index is -0.422. The molecule has 1 aliphatic carbocycles. The van der Waals surface area contributed by atoms with Crippen LogP contribution in [0.1, 0.15) is 75.7 Å². The van der Waals surface area contributed by atoms with Crippen LogP contribution in [0, 0.1) is 17.3 Å². The molecule has 29 heavy (non-hydrogen) atoms. The summed E-state index contributed by atoms with van der Waals surface area (Å²) in [7, 11) is 0. The topological polar surface area (TPSA) is 75.8 Å². The summed E-state index contributed by atoms with van der Waals surface area (Å²) in [4.78, 5) is 13.0. The third kappa shape index (κ3) is 5.32. The highest BCUT2D eigenvalue weighted by Gasteiger charge is 2.41. The lowest BCUT2D eigenvalue weighted by Crippen LogP contribution is -2.40. The van der Waals surface area contributed by atoms with Gasteiger partial charge >= 0.3 is 6.03 Å². The van der Waals surface area contributed by atoms with Crippen molar-refractivity contribution in [2.45, 2.75) is 71.9 Å². The van der Waals surface area contributed by atoms with E-state index >= 15 is 0 Å². The molecule has 0 bridgehead atoms. The molecule has 1 saturated carbocycles. The van der Waals surface area contributed by atoms with Gasteiger partial charge in [-0.15, -0.1) is 0 Å². The molecule has 2 fully saturated rings. The quantitative estimate of drug-likeness (QED) is 0.769. The second-order valence-electron chi connectivity index (χ2n) is 9.69. The van der Waals surface area contributed by atoms with Gasteiger partial charge in [0.25, 0.3) is 0 Å². The fourth-order valence-electron chi connectivity index (χ4n) is 5.40. The third-order valence-electron chi connectivity index (χ3n) is 7.06. The van der Waals surface area contributed by atoms with E-state index in [1.165, 1.54) is 37.7 Å². The highest BCUT2D eigenvalue weighted by atomic mass is 16.5. The molecule has 2 aliphatic heterocycles. The molecule has 0 spiro atoms. The van der Waals surface area contributed by atoms with E-state index < -0.39 is 6.10 Å². The fraction of sp³-hybridized carbons (Fsp3) is 0.708. The average Bonchev–Trinajstić information content (AvgIpc) is 3.26. The molecule has 5 heteroatoms.